The van der Waals surface area contributed by atoms with E-state index in [1.807, 2.05) is 0 Å². The highest BCUT2D eigenvalue weighted by atomic mass is 35.5. The molecule has 0 saturated carbocycles. The monoisotopic (exact) mass is 409 g/mol. The molecule has 0 aliphatic carbocycles. The summed E-state index contributed by atoms with van der Waals surface area (Å²) in [5.41, 5.74) is 6.28. The van der Waals surface area contributed by atoms with E-state index in [-0.39, 0.29) is 48.8 Å². The van der Waals surface area contributed by atoms with Gasteiger partial charge in [-0.25, -0.2) is 0 Å². The molecule has 1 aromatic rings. The minimum absolute atomic E-state index is 0. The molecule has 0 unspecified atom stereocenters. The fourth-order valence-electron chi connectivity index (χ4n) is 2.09. The van der Waals surface area contributed by atoms with Gasteiger partial charge >= 0.3 is 6.61 Å². The van der Waals surface area contributed by atoms with Crippen LogP contribution in [0, 0.1) is 5.92 Å². The molecule has 0 aliphatic heterocycles. The molecule has 2 amide bonds. The van der Waals surface area contributed by atoms with Gasteiger partial charge in [0, 0.05) is 13.6 Å². The van der Waals surface area contributed by atoms with E-state index in [0.717, 1.165) is 0 Å². The van der Waals surface area contributed by atoms with E-state index in [9.17, 15) is 18.4 Å². The van der Waals surface area contributed by atoms with Crippen LogP contribution >= 0.6 is 12.4 Å². The maximum absolute atomic E-state index is 12.5. The first-order valence-corrected chi connectivity index (χ1v) is 8.04. The first-order chi connectivity index (χ1) is 12.1. The number of halogens is 3. The number of methoxy groups -OCH3 is 1. The van der Waals surface area contributed by atoms with E-state index in [4.69, 9.17) is 10.5 Å². The maximum Gasteiger partial charge on any atom is 0.387 e. The third kappa shape index (κ3) is 7.96. The summed E-state index contributed by atoms with van der Waals surface area (Å²) in [6, 6.07) is 3.80. The van der Waals surface area contributed by atoms with Gasteiger partial charge < -0.3 is 25.4 Å². The molecule has 0 bridgehead atoms. The number of nitrogens with zero attached hydrogens (tertiary/aromatic N) is 1. The number of nitrogens with two attached hydrogens (primary N) is 1. The Morgan fingerprint density at radius 2 is 1.89 bits per heavy atom. The zero-order valence-electron chi connectivity index (χ0n) is 15.7. The lowest BCUT2D eigenvalue weighted by atomic mass is 10.1. The van der Waals surface area contributed by atoms with E-state index in [0.29, 0.717) is 5.56 Å². The van der Waals surface area contributed by atoms with Crippen LogP contribution < -0.4 is 20.5 Å². The van der Waals surface area contributed by atoms with Crippen LogP contribution in [0.25, 0.3) is 0 Å². The molecular formula is C17H26ClF2N3O4. The normalized spacial score (nSPS) is 11.6. The second-order valence-electron chi connectivity index (χ2n) is 6.10. The number of amides is 2. The van der Waals surface area contributed by atoms with Crippen molar-refractivity contribution in [1.82, 2.24) is 10.2 Å². The average Bonchev–Trinajstić information content (AvgIpc) is 2.58. The van der Waals surface area contributed by atoms with Crippen molar-refractivity contribution >= 4 is 24.2 Å². The van der Waals surface area contributed by atoms with Crippen molar-refractivity contribution in [3.05, 3.63) is 23.8 Å². The minimum atomic E-state index is -2.99. The number of likely N-dealkylation sites (N-methyl/N-ethyl adjacent to an activating group) is 1. The number of carbonyl (C=O) groups is 2. The van der Waals surface area contributed by atoms with Crippen LogP contribution in [-0.2, 0) is 16.1 Å². The lowest BCUT2D eigenvalue weighted by Crippen LogP contribution is -2.47. The Labute approximate surface area is 163 Å². The van der Waals surface area contributed by atoms with Gasteiger partial charge in [0.25, 0.3) is 0 Å². The van der Waals surface area contributed by atoms with Gasteiger partial charge in [0.05, 0.1) is 19.7 Å². The van der Waals surface area contributed by atoms with E-state index < -0.39 is 18.6 Å². The smallest absolute Gasteiger partial charge is 0.387 e. The van der Waals surface area contributed by atoms with Crippen molar-refractivity contribution < 1.29 is 27.8 Å². The Kier molecular flexibility index (Phi) is 10.6. The molecule has 1 aromatic carbocycles. The van der Waals surface area contributed by atoms with E-state index in [1.165, 1.54) is 31.2 Å². The maximum atomic E-state index is 12.5. The largest absolute Gasteiger partial charge is 0.493 e. The highest BCUT2D eigenvalue weighted by Gasteiger charge is 2.19. The number of rotatable bonds is 9. The van der Waals surface area contributed by atoms with E-state index >= 15 is 0 Å². The third-order valence-corrected chi connectivity index (χ3v) is 3.72. The van der Waals surface area contributed by atoms with Crippen molar-refractivity contribution in [2.75, 3.05) is 20.7 Å². The lowest BCUT2D eigenvalue weighted by Gasteiger charge is -2.20. The third-order valence-electron chi connectivity index (χ3n) is 3.72. The summed E-state index contributed by atoms with van der Waals surface area (Å²) in [4.78, 5) is 25.3. The van der Waals surface area contributed by atoms with Crippen LogP contribution in [0.4, 0.5) is 8.78 Å². The quantitative estimate of drug-likeness (QED) is 0.648. The van der Waals surface area contributed by atoms with Crippen LogP contribution in [0.5, 0.6) is 11.5 Å². The van der Waals surface area contributed by atoms with Crippen LogP contribution in [0.15, 0.2) is 18.2 Å². The second kappa shape index (κ2) is 11.6. The minimum Gasteiger partial charge on any atom is -0.493 e. The topological polar surface area (TPSA) is 93.9 Å². The summed E-state index contributed by atoms with van der Waals surface area (Å²) in [7, 11) is 2.88. The number of hydrogen-bond acceptors (Lipinski definition) is 5. The summed E-state index contributed by atoms with van der Waals surface area (Å²) in [6.07, 6.45) is 0. The van der Waals surface area contributed by atoms with Gasteiger partial charge in [-0.1, -0.05) is 19.9 Å². The predicted molar refractivity (Wildman–Crippen MR) is 99.2 cm³/mol. The molecule has 0 aromatic heterocycles. The summed E-state index contributed by atoms with van der Waals surface area (Å²) in [5.74, 6) is -0.745. The van der Waals surface area contributed by atoms with Gasteiger partial charge in [-0.15, -0.1) is 12.4 Å². The van der Waals surface area contributed by atoms with Crippen LogP contribution in [0.1, 0.15) is 19.4 Å². The summed E-state index contributed by atoms with van der Waals surface area (Å²) in [6.45, 7) is 0.571. The predicted octanol–water partition coefficient (Wildman–Crippen LogP) is 1.78. The van der Waals surface area contributed by atoms with Crippen molar-refractivity contribution in [1.29, 1.82) is 0 Å². The molecule has 0 saturated heterocycles. The van der Waals surface area contributed by atoms with Crippen molar-refractivity contribution in [3.8, 4) is 11.5 Å². The molecule has 154 valence electrons. The summed E-state index contributed by atoms with van der Waals surface area (Å²) >= 11 is 0. The van der Waals surface area contributed by atoms with Crippen molar-refractivity contribution in [2.45, 2.75) is 33.0 Å². The molecule has 7 nitrogen and oxygen atoms in total. The number of carbonyl (C=O) groups excluding carboxylic acids is 2. The molecule has 27 heavy (non-hydrogen) atoms. The van der Waals surface area contributed by atoms with Crippen LogP contribution in [-0.4, -0.2) is 50.1 Å². The number of nitrogens with one attached hydrogen (secondary N) is 1. The molecule has 10 heteroatoms. The fourth-order valence-corrected chi connectivity index (χ4v) is 2.09. The Balaban J connectivity index is 0.00000676. The molecular weight excluding hydrogens is 384 g/mol. The molecule has 0 heterocycles. The first-order valence-electron chi connectivity index (χ1n) is 8.04. The molecule has 1 atom stereocenters. The average molecular weight is 410 g/mol. The molecule has 3 N–H and O–H groups in total. The highest BCUT2D eigenvalue weighted by molar-refractivity contribution is 5.87. The number of benzene rings is 1. The van der Waals surface area contributed by atoms with Gasteiger partial charge in [-0.05, 0) is 23.6 Å². The Morgan fingerprint density at radius 1 is 1.26 bits per heavy atom. The number of ether oxygens (including phenoxy) is 2. The second-order valence-corrected chi connectivity index (χ2v) is 6.10. The highest BCUT2D eigenvalue weighted by Crippen LogP contribution is 2.29. The molecule has 0 radical (unpaired) electrons. The SMILES string of the molecule is COc1ccc(CN(C)C(=O)CNC(=O)[C@@H](N)C(C)C)cc1OC(F)F.Cl. The zero-order chi connectivity index (χ0) is 19.9. The number of hydrogen-bond donors (Lipinski definition) is 2. The van der Waals surface area contributed by atoms with E-state index in [1.54, 1.807) is 19.9 Å². The van der Waals surface area contributed by atoms with Gasteiger partial charge in [-0.3, -0.25) is 9.59 Å². The van der Waals surface area contributed by atoms with Gasteiger partial charge in [-0.2, -0.15) is 8.78 Å². The standard InChI is InChI=1S/C17H25F2N3O4.ClH/c1-10(2)15(20)16(24)21-8-14(23)22(3)9-11-5-6-12(25-4)13(7-11)26-17(18)19;/h5-7,10,15,17H,8-9,20H2,1-4H3,(H,21,24);1H/t15-;/m0./s1. The van der Waals surface area contributed by atoms with Crippen molar-refractivity contribution in [3.63, 3.8) is 0 Å². The van der Waals surface area contributed by atoms with Crippen molar-refractivity contribution in [2.24, 2.45) is 11.7 Å². The van der Waals surface area contributed by atoms with E-state index in [2.05, 4.69) is 10.1 Å². The van der Waals surface area contributed by atoms with Gasteiger partial charge in [0.1, 0.15) is 0 Å². The molecule has 0 fully saturated rings. The zero-order valence-corrected chi connectivity index (χ0v) is 16.5. The molecule has 0 spiro atoms. The summed E-state index contributed by atoms with van der Waals surface area (Å²) < 4.78 is 34.3. The fraction of sp³-hybridized carbons (Fsp3) is 0.529. The summed E-state index contributed by atoms with van der Waals surface area (Å²) in [5, 5.41) is 2.49. The van der Waals surface area contributed by atoms with Gasteiger partial charge in [0.15, 0.2) is 11.5 Å². The van der Waals surface area contributed by atoms with Gasteiger partial charge in [0.2, 0.25) is 11.8 Å². The Hall–Kier alpha value is -2.13. The lowest BCUT2D eigenvalue weighted by molar-refractivity contribution is -0.132. The Morgan fingerprint density at radius 3 is 2.41 bits per heavy atom. The van der Waals surface area contributed by atoms with Crippen LogP contribution in [0.3, 0.4) is 0 Å². The van der Waals surface area contributed by atoms with Crippen LogP contribution in [0.2, 0.25) is 0 Å². The first kappa shape index (κ1) is 24.9. The number of alkyl halides is 2. The molecule has 1 rings (SSSR count). The Bertz CT molecular complexity index is 632. The molecule has 0 aliphatic rings.